The highest BCUT2D eigenvalue weighted by atomic mass is 32.2. The SMILES string of the molecule is COc1ccc(Cn2nc(C)cc2NC(=O)[C@@H](C)SC)cc1. The van der Waals surface area contributed by atoms with Gasteiger partial charge < -0.3 is 10.1 Å². The highest BCUT2D eigenvalue weighted by Crippen LogP contribution is 2.17. The number of benzene rings is 1. The summed E-state index contributed by atoms with van der Waals surface area (Å²) in [6.45, 7) is 4.40. The summed E-state index contributed by atoms with van der Waals surface area (Å²) in [7, 11) is 1.65. The number of hydrogen-bond acceptors (Lipinski definition) is 4. The van der Waals surface area contributed by atoms with E-state index in [4.69, 9.17) is 4.74 Å². The van der Waals surface area contributed by atoms with Gasteiger partial charge in [-0.2, -0.15) is 16.9 Å². The second-order valence-corrected chi connectivity index (χ2v) is 6.22. The van der Waals surface area contributed by atoms with Crippen molar-refractivity contribution in [3.05, 3.63) is 41.6 Å². The van der Waals surface area contributed by atoms with Gasteiger partial charge in [0.05, 0.1) is 24.6 Å². The van der Waals surface area contributed by atoms with Gasteiger partial charge in [-0.25, -0.2) is 4.68 Å². The Morgan fingerprint density at radius 1 is 1.41 bits per heavy atom. The maximum absolute atomic E-state index is 12.1. The summed E-state index contributed by atoms with van der Waals surface area (Å²) in [6.07, 6.45) is 1.92. The number of hydrogen-bond donors (Lipinski definition) is 1. The minimum absolute atomic E-state index is 0.0108. The molecule has 0 saturated carbocycles. The molecule has 1 heterocycles. The molecule has 1 aromatic heterocycles. The summed E-state index contributed by atoms with van der Waals surface area (Å²) in [5.41, 5.74) is 1.97. The van der Waals surface area contributed by atoms with Crippen molar-refractivity contribution in [1.82, 2.24) is 9.78 Å². The number of anilines is 1. The van der Waals surface area contributed by atoms with Crippen LogP contribution in [0.3, 0.4) is 0 Å². The molecule has 0 bridgehead atoms. The predicted molar refractivity (Wildman–Crippen MR) is 90.7 cm³/mol. The molecule has 1 amide bonds. The van der Waals surface area contributed by atoms with Crippen LogP contribution in [0.25, 0.3) is 0 Å². The Labute approximate surface area is 135 Å². The molecule has 2 aromatic rings. The molecule has 0 radical (unpaired) electrons. The smallest absolute Gasteiger partial charge is 0.238 e. The number of aromatic nitrogens is 2. The first-order valence-electron chi connectivity index (χ1n) is 7.04. The summed E-state index contributed by atoms with van der Waals surface area (Å²) >= 11 is 1.52. The second kappa shape index (κ2) is 7.35. The molecule has 0 fully saturated rings. The minimum atomic E-state index is -0.0929. The fraction of sp³-hybridized carbons (Fsp3) is 0.375. The number of carbonyl (C=O) groups is 1. The average molecular weight is 319 g/mol. The molecule has 0 spiro atoms. The average Bonchev–Trinajstić information content (AvgIpc) is 2.86. The van der Waals surface area contributed by atoms with Crippen LogP contribution in [-0.2, 0) is 11.3 Å². The van der Waals surface area contributed by atoms with Gasteiger partial charge in [0.25, 0.3) is 0 Å². The second-order valence-electron chi connectivity index (χ2n) is 5.04. The number of amides is 1. The summed E-state index contributed by atoms with van der Waals surface area (Å²) in [6, 6.07) is 9.70. The fourth-order valence-electron chi connectivity index (χ4n) is 2.01. The Balaban J connectivity index is 2.15. The van der Waals surface area contributed by atoms with E-state index in [9.17, 15) is 4.79 Å². The van der Waals surface area contributed by atoms with Crippen molar-refractivity contribution in [1.29, 1.82) is 0 Å². The van der Waals surface area contributed by atoms with E-state index in [0.717, 1.165) is 22.8 Å². The zero-order chi connectivity index (χ0) is 16.1. The van der Waals surface area contributed by atoms with Gasteiger partial charge in [-0.3, -0.25) is 4.79 Å². The zero-order valence-electron chi connectivity index (χ0n) is 13.3. The van der Waals surface area contributed by atoms with Crippen molar-refractivity contribution in [2.45, 2.75) is 25.6 Å². The van der Waals surface area contributed by atoms with E-state index >= 15 is 0 Å². The monoisotopic (exact) mass is 319 g/mol. The number of aryl methyl sites for hydroxylation is 1. The van der Waals surface area contributed by atoms with Gasteiger partial charge in [0, 0.05) is 6.07 Å². The molecular formula is C16H21N3O2S. The molecule has 118 valence electrons. The first kappa shape index (κ1) is 16.4. The van der Waals surface area contributed by atoms with Gasteiger partial charge in [0.2, 0.25) is 5.91 Å². The zero-order valence-corrected chi connectivity index (χ0v) is 14.1. The van der Waals surface area contributed by atoms with Crippen molar-refractivity contribution in [2.75, 3.05) is 18.7 Å². The highest BCUT2D eigenvalue weighted by Gasteiger charge is 2.14. The third-order valence-electron chi connectivity index (χ3n) is 3.37. The first-order chi connectivity index (χ1) is 10.5. The van der Waals surface area contributed by atoms with E-state index in [1.54, 1.807) is 7.11 Å². The van der Waals surface area contributed by atoms with Gasteiger partial charge >= 0.3 is 0 Å². The number of rotatable bonds is 6. The summed E-state index contributed by atoms with van der Waals surface area (Å²) < 4.78 is 6.96. The lowest BCUT2D eigenvalue weighted by Crippen LogP contribution is -2.24. The van der Waals surface area contributed by atoms with Crippen molar-refractivity contribution in [3.8, 4) is 5.75 Å². The molecule has 0 unspecified atom stereocenters. The van der Waals surface area contributed by atoms with Crippen LogP contribution in [0, 0.1) is 6.92 Å². The number of thioether (sulfide) groups is 1. The summed E-state index contributed by atoms with van der Waals surface area (Å²) in [5.74, 6) is 1.53. The van der Waals surface area contributed by atoms with Crippen molar-refractivity contribution in [2.24, 2.45) is 0 Å². The number of methoxy groups -OCH3 is 1. The predicted octanol–water partition coefficient (Wildman–Crippen LogP) is 2.94. The fourth-order valence-corrected chi connectivity index (χ4v) is 2.28. The lowest BCUT2D eigenvalue weighted by molar-refractivity contribution is -0.115. The van der Waals surface area contributed by atoms with Gasteiger partial charge in [-0.05, 0) is 37.8 Å². The van der Waals surface area contributed by atoms with E-state index in [2.05, 4.69) is 10.4 Å². The van der Waals surface area contributed by atoms with Gasteiger partial charge in [-0.1, -0.05) is 12.1 Å². The molecule has 1 atom stereocenters. The van der Waals surface area contributed by atoms with Crippen LogP contribution in [0.2, 0.25) is 0 Å². The van der Waals surface area contributed by atoms with Gasteiger partial charge in [0.15, 0.2) is 0 Å². The minimum Gasteiger partial charge on any atom is -0.497 e. The van der Waals surface area contributed by atoms with Crippen molar-refractivity contribution in [3.63, 3.8) is 0 Å². The molecule has 0 aliphatic carbocycles. The van der Waals surface area contributed by atoms with Crippen LogP contribution in [0.1, 0.15) is 18.2 Å². The molecule has 0 aliphatic heterocycles. The van der Waals surface area contributed by atoms with Crippen LogP contribution < -0.4 is 10.1 Å². The molecule has 6 heteroatoms. The molecule has 22 heavy (non-hydrogen) atoms. The van der Waals surface area contributed by atoms with Crippen molar-refractivity contribution < 1.29 is 9.53 Å². The summed E-state index contributed by atoms with van der Waals surface area (Å²) in [5, 5.41) is 7.30. The number of nitrogens with zero attached hydrogens (tertiary/aromatic N) is 2. The third-order valence-corrected chi connectivity index (χ3v) is 4.29. The number of carbonyl (C=O) groups excluding carboxylic acids is 1. The number of nitrogens with one attached hydrogen (secondary N) is 1. The van der Waals surface area contributed by atoms with Gasteiger partial charge in [0.1, 0.15) is 11.6 Å². The van der Waals surface area contributed by atoms with E-state index in [-0.39, 0.29) is 11.2 Å². The first-order valence-corrected chi connectivity index (χ1v) is 8.33. The van der Waals surface area contributed by atoms with Crippen LogP contribution in [0.15, 0.2) is 30.3 Å². The Bertz CT molecular complexity index is 637. The molecular weight excluding hydrogens is 298 g/mol. The van der Waals surface area contributed by atoms with Crippen LogP contribution in [0.5, 0.6) is 5.75 Å². The topological polar surface area (TPSA) is 56.1 Å². The normalized spacial score (nSPS) is 12.0. The molecule has 0 saturated heterocycles. The lowest BCUT2D eigenvalue weighted by Gasteiger charge is -2.12. The number of ether oxygens (including phenoxy) is 1. The van der Waals surface area contributed by atoms with E-state index in [1.807, 2.05) is 55.1 Å². The lowest BCUT2D eigenvalue weighted by atomic mass is 10.2. The molecule has 1 aromatic carbocycles. The van der Waals surface area contributed by atoms with Crippen LogP contribution in [0.4, 0.5) is 5.82 Å². The van der Waals surface area contributed by atoms with Crippen LogP contribution in [-0.4, -0.2) is 34.3 Å². The quantitative estimate of drug-likeness (QED) is 0.889. The molecule has 1 N–H and O–H groups in total. The molecule has 5 nitrogen and oxygen atoms in total. The largest absolute Gasteiger partial charge is 0.497 e. The Morgan fingerprint density at radius 3 is 2.68 bits per heavy atom. The van der Waals surface area contributed by atoms with E-state index in [1.165, 1.54) is 11.8 Å². The Hall–Kier alpha value is -1.95. The van der Waals surface area contributed by atoms with Gasteiger partial charge in [-0.15, -0.1) is 0 Å². The summed E-state index contributed by atoms with van der Waals surface area (Å²) in [4.78, 5) is 12.1. The van der Waals surface area contributed by atoms with Crippen LogP contribution >= 0.6 is 11.8 Å². The van der Waals surface area contributed by atoms with E-state index < -0.39 is 0 Å². The van der Waals surface area contributed by atoms with E-state index in [0.29, 0.717) is 6.54 Å². The maximum Gasteiger partial charge on any atom is 0.238 e. The molecule has 2 rings (SSSR count). The Morgan fingerprint density at radius 2 is 2.09 bits per heavy atom. The molecule has 0 aliphatic rings. The highest BCUT2D eigenvalue weighted by molar-refractivity contribution is 7.99. The maximum atomic E-state index is 12.1. The standard InChI is InChI=1S/C16H21N3O2S/c1-11-9-15(17-16(20)12(2)22-4)19(18-11)10-13-5-7-14(21-3)8-6-13/h5-9,12H,10H2,1-4H3,(H,17,20)/t12-/m1/s1. The van der Waals surface area contributed by atoms with Crippen molar-refractivity contribution >= 4 is 23.5 Å². The Kier molecular flexibility index (Phi) is 5.49. The third kappa shape index (κ3) is 4.04.